The Bertz CT molecular complexity index is 905. The fourth-order valence-corrected chi connectivity index (χ4v) is 3.56. The Labute approximate surface area is 211 Å². The molecule has 200 valence electrons. The molecule has 0 saturated heterocycles. The maximum atomic E-state index is 13.2. The third-order valence-corrected chi connectivity index (χ3v) is 5.31. The van der Waals surface area contributed by atoms with Crippen molar-refractivity contribution in [3.8, 4) is 0 Å². The second kappa shape index (κ2) is 14.8. The van der Waals surface area contributed by atoms with Crippen LogP contribution >= 0.6 is 0 Å². The molecule has 1 rings (SSSR count). The monoisotopic (exact) mass is 506 g/mol. The predicted octanol–water partition coefficient (Wildman–Crippen LogP) is 0.662. The first-order valence-corrected chi connectivity index (χ1v) is 11.9. The van der Waals surface area contributed by atoms with Gasteiger partial charge in [-0.15, -0.1) is 0 Å². The molecule has 1 aromatic rings. The van der Waals surface area contributed by atoms with Crippen LogP contribution in [0.25, 0.3) is 0 Å². The van der Waals surface area contributed by atoms with Crippen molar-refractivity contribution in [3.05, 3.63) is 35.9 Å². The fourth-order valence-electron chi connectivity index (χ4n) is 3.56. The molecule has 0 aliphatic heterocycles. The lowest BCUT2D eigenvalue weighted by Crippen LogP contribution is -2.58. The molecule has 1 aromatic carbocycles. The zero-order valence-corrected chi connectivity index (χ0v) is 21.2. The fraction of sp³-hybridized carbons (Fsp3) is 0.560. The Hall–Kier alpha value is -3.47. The van der Waals surface area contributed by atoms with Crippen LogP contribution < -0.4 is 21.7 Å². The van der Waals surface area contributed by atoms with E-state index in [-0.39, 0.29) is 31.1 Å². The van der Waals surface area contributed by atoms with Gasteiger partial charge in [-0.2, -0.15) is 0 Å². The van der Waals surface area contributed by atoms with Crippen LogP contribution in [-0.2, 0) is 30.4 Å². The first-order chi connectivity index (χ1) is 16.8. The van der Waals surface area contributed by atoms with Crippen LogP contribution in [-0.4, -0.2) is 64.0 Å². The summed E-state index contributed by atoms with van der Waals surface area (Å²) in [5.74, 6) is -4.56. The van der Waals surface area contributed by atoms with Gasteiger partial charge in [0.1, 0.15) is 18.1 Å². The van der Waals surface area contributed by atoms with E-state index in [4.69, 9.17) is 10.8 Å². The highest BCUT2D eigenvalue weighted by atomic mass is 16.4. The van der Waals surface area contributed by atoms with Gasteiger partial charge in [0.15, 0.2) is 0 Å². The zero-order chi connectivity index (χ0) is 27.4. The van der Waals surface area contributed by atoms with Crippen molar-refractivity contribution in [1.82, 2.24) is 16.0 Å². The molecule has 11 nitrogen and oxygen atoms in total. The molecule has 0 saturated carbocycles. The molecule has 0 fully saturated rings. The van der Waals surface area contributed by atoms with Crippen LogP contribution in [0.4, 0.5) is 0 Å². The lowest BCUT2D eigenvalue weighted by molar-refractivity contribution is -0.143. The molecule has 0 spiro atoms. The number of carboxylic acids is 2. The van der Waals surface area contributed by atoms with Crippen LogP contribution in [0.2, 0.25) is 0 Å². The van der Waals surface area contributed by atoms with Crippen LogP contribution in [0.5, 0.6) is 0 Å². The SMILES string of the molecule is CC(C)CC(NC(=O)C(CC(C)C)NC(=O)C(Cc1ccccc1)NC(=O)C(N)CC(=O)O)C(=O)O. The van der Waals surface area contributed by atoms with E-state index >= 15 is 0 Å². The molecular weight excluding hydrogens is 468 g/mol. The number of benzene rings is 1. The number of carbonyl (C=O) groups excluding carboxylic acids is 3. The summed E-state index contributed by atoms with van der Waals surface area (Å²) in [6.07, 6.45) is -0.0939. The molecular formula is C25H38N4O7. The van der Waals surface area contributed by atoms with Crippen LogP contribution in [0.3, 0.4) is 0 Å². The number of amides is 3. The molecule has 7 N–H and O–H groups in total. The van der Waals surface area contributed by atoms with E-state index in [0.29, 0.717) is 0 Å². The summed E-state index contributed by atoms with van der Waals surface area (Å²) in [4.78, 5) is 61.2. The smallest absolute Gasteiger partial charge is 0.326 e. The third kappa shape index (κ3) is 11.3. The van der Waals surface area contributed by atoms with Crippen molar-refractivity contribution in [2.24, 2.45) is 17.6 Å². The summed E-state index contributed by atoms with van der Waals surface area (Å²) >= 11 is 0. The van der Waals surface area contributed by atoms with Gasteiger partial charge in [-0.1, -0.05) is 58.0 Å². The van der Waals surface area contributed by atoms with Crippen LogP contribution in [0, 0.1) is 11.8 Å². The molecule has 0 aromatic heterocycles. The number of aliphatic carboxylic acids is 2. The summed E-state index contributed by atoms with van der Waals surface area (Å²) < 4.78 is 0. The summed E-state index contributed by atoms with van der Waals surface area (Å²) in [5, 5.41) is 26.0. The van der Waals surface area contributed by atoms with Crippen molar-refractivity contribution < 1.29 is 34.2 Å². The number of nitrogens with two attached hydrogens (primary N) is 1. The van der Waals surface area contributed by atoms with Crippen LogP contribution in [0.1, 0.15) is 52.5 Å². The average Bonchev–Trinajstić information content (AvgIpc) is 2.77. The highest BCUT2D eigenvalue weighted by molar-refractivity contribution is 5.94. The number of carboxylic acid groups (broad SMARTS) is 2. The van der Waals surface area contributed by atoms with E-state index < -0.39 is 60.2 Å². The van der Waals surface area contributed by atoms with Gasteiger partial charge < -0.3 is 31.9 Å². The second-order valence-corrected chi connectivity index (χ2v) is 9.67. The van der Waals surface area contributed by atoms with Gasteiger partial charge >= 0.3 is 11.9 Å². The third-order valence-electron chi connectivity index (χ3n) is 5.31. The molecule has 0 bridgehead atoms. The van der Waals surface area contributed by atoms with Crippen molar-refractivity contribution in [2.45, 2.75) is 77.5 Å². The van der Waals surface area contributed by atoms with E-state index in [0.717, 1.165) is 5.56 Å². The van der Waals surface area contributed by atoms with E-state index in [2.05, 4.69) is 16.0 Å². The topological polar surface area (TPSA) is 188 Å². The van der Waals surface area contributed by atoms with Crippen molar-refractivity contribution >= 4 is 29.7 Å². The number of rotatable bonds is 15. The summed E-state index contributed by atoms with van der Waals surface area (Å²) in [6, 6.07) is 4.15. The zero-order valence-electron chi connectivity index (χ0n) is 21.2. The summed E-state index contributed by atoms with van der Waals surface area (Å²) in [7, 11) is 0. The lowest BCUT2D eigenvalue weighted by atomic mass is 9.99. The van der Waals surface area contributed by atoms with E-state index in [9.17, 15) is 29.1 Å². The van der Waals surface area contributed by atoms with Gasteiger partial charge in [-0.3, -0.25) is 19.2 Å². The highest BCUT2D eigenvalue weighted by Gasteiger charge is 2.31. The first-order valence-electron chi connectivity index (χ1n) is 11.9. The lowest BCUT2D eigenvalue weighted by Gasteiger charge is -2.26. The Balaban J connectivity index is 3.11. The normalized spacial score (nSPS) is 14.4. The summed E-state index contributed by atoms with van der Waals surface area (Å²) in [5.41, 5.74) is 6.37. The maximum Gasteiger partial charge on any atom is 0.326 e. The Morgan fingerprint density at radius 1 is 0.750 bits per heavy atom. The van der Waals surface area contributed by atoms with Gasteiger partial charge in [0.25, 0.3) is 0 Å². The van der Waals surface area contributed by atoms with E-state index in [1.807, 2.05) is 27.7 Å². The molecule has 4 unspecified atom stereocenters. The molecule has 11 heteroatoms. The Kier molecular flexibility index (Phi) is 12.6. The van der Waals surface area contributed by atoms with Crippen molar-refractivity contribution in [1.29, 1.82) is 0 Å². The Morgan fingerprint density at radius 2 is 1.22 bits per heavy atom. The molecule has 3 amide bonds. The largest absolute Gasteiger partial charge is 0.481 e. The van der Waals surface area contributed by atoms with Gasteiger partial charge in [0.2, 0.25) is 17.7 Å². The highest BCUT2D eigenvalue weighted by Crippen LogP contribution is 2.10. The van der Waals surface area contributed by atoms with Crippen LogP contribution in [0.15, 0.2) is 30.3 Å². The van der Waals surface area contributed by atoms with Crippen molar-refractivity contribution in [2.75, 3.05) is 0 Å². The second-order valence-electron chi connectivity index (χ2n) is 9.67. The summed E-state index contributed by atoms with van der Waals surface area (Å²) in [6.45, 7) is 7.37. The number of hydrogen-bond acceptors (Lipinski definition) is 6. The molecule has 0 heterocycles. The minimum Gasteiger partial charge on any atom is -0.481 e. The van der Waals surface area contributed by atoms with Gasteiger partial charge in [-0.25, -0.2) is 4.79 Å². The number of hydrogen-bond donors (Lipinski definition) is 6. The minimum atomic E-state index is -1.37. The van der Waals surface area contributed by atoms with E-state index in [1.54, 1.807) is 30.3 Å². The number of carbonyl (C=O) groups is 5. The van der Waals surface area contributed by atoms with Gasteiger partial charge in [0.05, 0.1) is 12.5 Å². The predicted molar refractivity (Wildman–Crippen MR) is 133 cm³/mol. The Morgan fingerprint density at radius 3 is 1.72 bits per heavy atom. The molecule has 36 heavy (non-hydrogen) atoms. The quantitative estimate of drug-likeness (QED) is 0.200. The average molecular weight is 507 g/mol. The minimum absolute atomic E-state index is 0.0134. The number of nitrogens with one attached hydrogen (secondary N) is 3. The maximum absolute atomic E-state index is 13.2. The van der Waals surface area contributed by atoms with Gasteiger partial charge in [-0.05, 0) is 30.2 Å². The van der Waals surface area contributed by atoms with Gasteiger partial charge in [0, 0.05) is 6.42 Å². The molecule has 4 atom stereocenters. The first kappa shape index (κ1) is 30.6. The standard InChI is InChI=1S/C25H38N4O7/c1-14(2)10-18(23(33)29-20(25(35)36)11-15(3)4)28-24(34)19(12-16-8-6-5-7-9-16)27-22(32)17(26)13-21(30)31/h5-9,14-15,17-20H,10-13,26H2,1-4H3,(H,27,32)(H,28,34)(H,29,33)(H,30,31)(H,35,36). The van der Waals surface area contributed by atoms with E-state index in [1.165, 1.54) is 0 Å². The molecule has 0 radical (unpaired) electrons. The molecule has 0 aliphatic rings. The molecule has 0 aliphatic carbocycles. The van der Waals surface area contributed by atoms with Crippen molar-refractivity contribution in [3.63, 3.8) is 0 Å².